The van der Waals surface area contributed by atoms with Crippen LogP contribution in [0.25, 0.3) is 0 Å². The Balaban J connectivity index is 0.00000338. The van der Waals surface area contributed by atoms with Gasteiger partial charge in [0.25, 0.3) is 5.91 Å². The van der Waals surface area contributed by atoms with Crippen molar-refractivity contribution in [1.29, 1.82) is 0 Å². The van der Waals surface area contributed by atoms with Crippen LogP contribution in [-0.4, -0.2) is 43.0 Å². The molecular formula is C17H26IN5OS2. The molecule has 1 unspecified atom stereocenters. The number of nitrogens with zero attached hydrogens (tertiary/aromatic N) is 2. The summed E-state index contributed by atoms with van der Waals surface area (Å²) >= 11 is 3.07. The van der Waals surface area contributed by atoms with Crippen molar-refractivity contribution < 1.29 is 4.79 Å². The number of nitrogens with one attached hydrogen (secondary N) is 3. The largest absolute Gasteiger partial charge is 0.357 e. The van der Waals surface area contributed by atoms with Gasteiger partial charge in [0.05, 0.1) is 11.2 Å². The molecule has 3 N–H and O–H groups in total. The maximum atomic E-state index is 12.0. The summed E-state index contributed by atoms with van der Waals surface area (Å²) in [5.41, 5.74) is 3.78. The minimum absolute atomic E-state index is 0. The second kappa shape index (κ2) is 12.2. The number of aromatic nitrogens is 1. The van der Waals surface area contributed by atoms with Gasteiger partial charge >= 0.3 is 0 Å². The molecule has 0 aromatic carbocycles. The Morgan fingerprint density at radius 3 is 2.69 bits per heavy atom. The van der Waals surface area contributed by atoms with E-state index in [1.165, 1.54) is 16.9 Å². The van der Waals surface area contributed by atoms with Gasteiger partial charge in [-0.1, -0.05) is 6.92 Å². The number of aliphatic imine (C=N–C) groups is 1. The molecule has 144 valence electrons. The number of thiazole rings is 1. The van der Waals surface area contributed by atoms with Crippen LogP contribution < -0.4 is 16.0 Å². The molecule has 0 aliphatic heterocycles. The molecule has 2 rings (SSSR count). The fraction of sp³-hybridized carbons (Fsp3) is 0.471. The van der Waals surface area contributed by atoms with Gasteiger partial charge in [0.15, 0.2) is 5.96 Å². The lowest BCUT2D eigenvalue weighted by Crippen LogP contribution is -2.41. The first-order valence-electron chi connectivity index (χ1n) is 8.34. The van der Waals surface area contributed by atoms with Gasteiger partial charge in [-0.25, -0.2) is 4.98 Å². The highest BCUT2D eigenvalue weighted by atomic mass is 127. The number of carbonyl (C=O) groups is 1. The number of rotatable bonds is 8. The number of hydrogen-bond acceptors (Lipinski definition) is 5. The Morgan fingerprint density at radius 2 is 2.08 bits per heavy atom. The summed E-state index contributed by atoms with van der Waals surface area (Å²) < 4.78 is 0. The smallest absolute Gasteiger partial charge is 0.263 e. The van der Waals surface area contributed by atoms with Crippen LogP contribution >= 0.6 is 46.7 Å². The highest BCUT2D eigenvalue weighted by molar-refractivity contribution is 14.0. The van der Waals surface area contributed by atoms with Crippen LogP contribution in [0.15, 0.2) is 27.3 Å². The lowest BCUT2D eigenvalue weighted by atomic mass is 10.1. The molecule has 6 nitrogen and oxygen atoms in total. The number of thiophene rings is 1. The predicted octanol–water partition coefficient (Wildman–Crippen LogP) is 3.22. The lowest BCUT2D eigenvalue weighted by molar-refractivity contribution is 0.0957. The SMILES string of the molecule is CCNC(=NCC(C)c1ccsc1)NCCNC(=O)c1scnc1C.I. The minimum atomic E-state index is -0.0742. The average molecular weight is 507 g/mol. The Kier molecular flexibility index (Phi) is 10.7. The van der Waals surface area contributed by atoms with Gasteiger partial charge in [-0.3, -0.25) is 9.79 Å². The molecule has 2 heterocycles. The van der Waals surface area contributed by atoms with Crippen LogP contribution in [0, 0.1) is 6.92 Å². The molecule has 0 fully saturated rings. The first-order chi connectivity index (χ1) is 12.1. The molecule has 0 saturated heterocycles. The summed E-state index contributed by atoms with van der Waals surface area (Å²) in [5, 5.41) is 13.6. The molecule has 0 aliphatic carbocycles. The number of aryl methyl sites for hydroxylation is 1. The summed E-state index contributed by atoms with van der Waals surface area (Å²) in [6.07, 6.45) is 0. The number of carbonyl (C=O) groups excluding carboxylic acids is 1. The quantitative estimate of drug-likeness (QED) is 0.222. The molecule has 0 spiro atoms. The summed E-state index contributed by atoms with van der Waals surface area (Å²) in [4.78, 5) is 21.4. The highest BCUT2D eigenvalue weighted by Gasteiger charge is 2.10. The van der Waals surface area contributed by atoms with Crippen molar-refractivity contribution in [3.05, 3.63) is 38.5 Å². The monoisotopic (exact) mass is 507 g/mol. The first kappa shape index (κ1) is 22.8. The molecule has 0 saturated carbocycles. The van der Waals surface area contributed by atoms with E-state index in [1.54, 1.807) is 16.8 Å². The Morgan fingerprint density at radius 1 is 1.31 bits per heavy atom. The second-order valence-corrected chi connectivity index (χ2v) is 7.26. The second-order valence-electron chi connectivity index (χ2n) is 5.63. The molecule has 0 bridgehead atoms. The van der Waals surface area contributed by atoms with E-state index in [4.69, 9.17) is 0 Å². The van der Waals surface area contributed by atoms with Gasteiger partial charge in [0.2, 0.25) is 0 Å². The standard InChI is InChI=1S/C17H25N5OS2.HI/c1-4-18-17(21-9-12(2)14-5-8-24-10-14)20-7-6-19-16(23)15-13(3)22-11-25-15;/h5,8,10-12H,4,6-7,9H2,1-3H3,(H,19,23)(H2,18,20,21);1H. The fourth-order valence-corrected chi connectivity index (χ4v) is 3.69. The van der Waals surface area contributed by atoms with Crippen LogP contribution in [0.4, 0.5) is 0 Å². The van der Waals surface area contributed by atoms with Gasteiger partial charge in [-0.2, -0.15) is 11.3 Å². The zero-order chi connectivity index (χ0) is 18.1. The number of guanidine groups is 1. The van der Waals surface area contributed by atoms with E-state index >= 15 is 0 Å². The summed E-state index contributed by atoms with van der Waals surface area (Å²) in [7, 11) is 0. The first-order valence-corrected chi connectivity index (χ1v) is 10.2. The normalized spacial score (nSPS) is 12.2. The highest BCUT2D eigenvalue weighted by Crippen LogP contribution is 2.18. The predicted molar refractivity (Wildman–Crippen MR) is 121 cm³/mol. The van der Waals surface area contributed by atoms with Crippen molar-refractivity contribution in [1.82, 2.24) is 20.9 Å². The molecule has 9 heteroatoms. The molecule has 0 radical (unpaired) electrons. The van der Waals surface area contributed by atoms with Crippen molar-refractivity contribution in [3.8, 4) is 0 Å². The van der Waals surface area contributed by atoms with Crippen molar-refractivity contribution in [2.45, 2.75) is 26.7 Å². The van der Waals surface area contributed by atoms with Crippen LogP contribution in [0.3, 0.4) is 0 Å². The molecular weight excluding hydrogens is 481 g/mol. The Labute approximate surface area is 179 Å². The summed E-state index contributed by atoms with van der Waals surface area (Å²) in [6, 6.07) is 2.14. The lowest BCUT2D eigenvalue weighted by Gasteiger charge is -2.13. The molecule has 26 heavy (non-hydrogen) atoms. The molecule has 1 amide bonds. The zero-order valence-corrected chi connectivity index (χ0v) is 19.2. The van der Waals surface area contributed by atoms with E-state index in [1.807, 2.05) is 13.8 Å². The van der Waals surface area contributed by atoms with Crippen molar-refractivity contribution in [2.75, 3.05) is 26.2 Å². The topological polar surface area (TPSA) is 78.4 Å². The van der Waals surface area contributed by atoms with Crippen molar-refractivity contribution in [2.24, 2.45) is 4.99 Å². The van der Waals surface area contributed by atoms with Gasteiger partial charge in [0.1, 0.15) is 4.88 Å². The third-order valence-corrected chi connectivity index (χ3v) is 5.26. The Hall–Kier alpha value is -1.20. The zero-order valence-electron chi connectivity index (χ0n) is 15.2. The Bertz CT molecular complexity index is 687. The molecule has 0 aliphatic rings. The summed E-state index contributed by atoms with van der Waals surface area (Å²) in [6.45, 7) is 8.71. The fourth-order valence-electron chi connectivity index (χ4n) is 2.19. The third-order valence-electron chi connectivity index (χ3n) is 3.63. The van der Waals surface area contributed by atoms with E-state index in [0.717, 1.165) is 24.7 Å². The van der Waals surface area contributed by atoms with Crippen LogP contribution in [0.5, 0.6) is 0 Å². The maximum absolute atomic E-state index is 12.0. The number of hydrogen-bond donors (Lipinski definition) is 3. The van der Waals surface area contributed by atoms with E-state index in [0.29, 0.717) is 23.9 Å². The minimum Gasteiger partial charge on any atom is -0.357 e. The van der Waals surface area contributed by atoms with Crippen LogP contribution in [0.1, 0.15) is 40.7 Å². The van der Waals surface area contributed by atoms with E-state index in [-0.39, 0.29) is 29.9 Å². The van der Waals surface area contributed by atoms with Gasteiger partial charge in [-0.15, -0.1) is 35.3 Å². The van der Waals surface area contributed by atoms with Gasteiger partial charge in [0, 0.05) is 32.1 Å². The maximum Gasteiger partial charge on any atom is 0.263 e. The van der Waals surface area contributed by atoms with E-state index in [9.17, 15) is 4.79 Å². The third kappa shape index (κ3) is 7.20. The van der Waals surface area contributed by atoms with Gasteiger partial charge in [-0.05, 0) is 36.2 Å². The van der Waals surface area contributed by atoms with Crippen molar-refractivity contribution >= 4 is 58.5 Å². The van der Waals surface area contributed by atoms with Crippen LogP contribution in [-0.2, 0) is 0 Å². The van der Waals surface area contributed by atoms with E-state index < -0.39 is 0 Å². The number of amides is 1. The summed E-state index contributed by atoms with van der Waals surface area (Å²) in [5.74, 6) is 1.08. The molecule has 2 aromatic heterocycles. The average Bonchev–Trinajstić information content (AvgIpc) is 3.27. The number of halogens is 1. The molecule has 1 atom stereocenters. The van der Waals surface area contributed by atoms with Crippen molar-refractivity contribution in [3.63, 3.8) is 0 Å². The van der Waals surface area contributed by atoms with Gasteiger partial charge < -0.3 is 16.0 Å². The van der Waals surface area contributed by atoms with Crippen LogP contribution in [0.2, 0.25) is 0 Å². The molecule has 2 aromatic rings. The van der Waals surface area contributed by atoms with E-state index in [2.05, 4.69) is 49.7 Å².